The Balaban J connectivity index is 1.58. The van der Waals surface area contributed by atoms with Gasteiger partial charge in [0.1, 0.15) is 0 Å². The lowest BCUT2D eigenvalue weighted by atomic mass is 9.94. The number of carbonyl (C=O) groups is 1. The van der Waals surface area contributed by atoms with Crippen molar-refractivity contribution in [1.82, 2.24) is 14.5 Å². The van der Waals surface area contributed by atoms with Crippen LogP contribution in [0.4, 0.5) is 0 Å². The second-order valence-corrected chi connectivity index (χ2v) is 10.4. The zero-order valence-corrected chi connectivity index (χ0v) is 18.7. The van der Waals surface area contributed by atoms with E-state index in [4.69, 9.17) is 11.6 Å². The highest BCUT2D eigenvalue weighted by atomic mass is 35.5. The number of hydrogen-bond donors (Lipinski definition) is 1. The molecule has 2 heterocycles. The molecule has 1 spiro atoms. The van der Waals surface area contributed by atoms with Gasteiger partial charge in [0, 0.05) is 18.1 Å². The van der Waals surface area contributed by atoms with Crippen molar-refractivity contribution in [1.29, 1.82) is 0 Å². The molecule has 30 heavy (non-hydrogen) atoms. The van der Waals surface area contributed by atoms with Crippen LogP contribution in [0.2, 0.25) is 5.02 Å². The van der Waals surface area contributed by atoms with E-state index in [9.17, 15) is 13.2 Å². The van der Waals surface area contributed by atoms with Crippen LogP contribution >= 0.6 is 11.6 Å². The number of piperidine rings is 1. The molecule has 2 aliphatic heterocycles. The molecule has 1 N–H and O–H groups in total. The molecule has 2 atom stereocenters. The number of halogens is 1. The standard InChI is InChI=1S/C22H26ClN3O3S/c1-16-21(27)26(17(2)18-7-4-3-5-8-18)22(24-16)11-13-25(14-12-22)30(28,29)20-10-6-9-19(23)15-20/h3-10,15-17,24H,11-14H2,1-2H3/t16-,17-/m1/s1. The van der Waals surface area contributed by atoms with E-state index in [-0.39, 0.29) is 22.9 Å². The Bertz CT molecular complexity index is 1040. The number of hydrogen-bond acceptors (Lipinski definition) is 4. The van der Waals surface area contributed by atoms with Gasteiger partial charge in [-0.2, -0.15) is 4.31 Å². The zero-order chi connectivity index (χ0) is 21.5. The molecule has 4 rings (SSSR count). The third-order valence-corrected chi connectivity index (χ3v) is 8.34. The number of carbonyl (C=O) groups excluding carboxylic acids is 1. The summed E-state index contributed by atoms with van der Waals surface area (Å²) in [6.07, 6.45) is 1.06. The van der Waals surface area contributed by atoms with Gasteiger partial charge in [0.05, 0.1) is 22.6 Å². The Morgan fingerprint density at radius 1 is 1.10 bits per heavy atom. The van der Waals surface area contributed by atoms with Crippen LogP contribution in [-0.2, 0) is 14.8 Å². The molecular formula is C22H26ClN3O3S. The lowest BCUT2D eigenvalue weighted by molar-refractivity contribution is -0.136. The predicted octanol–water partition coefficient (Wildman–Crippen LogP) is 3.40. The van der Waals surface area contributed by atoms with Crippen LogP contribution < -0.4 is 5.32 Å². The maximum Gasteiger partial charge on any atom is 0.243 e. The molecule has 0 aliphatic carbocycles. The number of amides is 1. The maximum atomic E-state index is 13.1. The summed E-state index contributed by atoms with van der Waals surface area (Å²) >= 11 is 6.00. The summed E-state index contributed by atoms with van der Waals surface area (Å²) in [5.74, 6) is 0.0532. The fourth-order valence-electron chi connectivity index (χ4n) is 4.65. The predicted molar refractivity (Wildman–Crippen MR) is 116 cm³/mol. The van der Waals surface area contributed by atoms with Gasteiger partial charge in [0.25, 0.3) is 0 Å². The van der Waals surface area contributed by atoms with Crippen LogP contribution in [0, 0.1) is 0 Å². The minimum Gasteiger partial charge on any atom is -0.316 e. The van der Waals surface area contributed by atoms with E-state index in [1.807, 2.05) is 49.1 Å². The average Bonchev–Trinajstić information content (AvgIpc) is 2.98. The van der Waals surface area contributed by atoms with E-state index in [0.29, 0.717) is 31.0 Å². The van der Waals surface area contributed by atoms with E-state index in [1.54, 1.807) is 18.2 Å². The molecule has 2 aromatic carbocycles. The summed E-state index contributed by atoms with van der Waals surface area (Å²) in [7, 11) is -3.63. The topological polar surface area (TPSA) is 69.7 Å². The van der Waals surface area contributed by atoms with Gasteiger partial charge in [-0.05, 0) is 50.5 Å². The Morgan fingerprint density at radius 2 is 1.77 bits per heavy atom. The minimum absolute atomic E-state index is 0.0532. The molecule has 160 valence electrons. The van der Waals surface area contributed by atoms with Crippen LogP contribution in [-0.4, -0.2) is 48.3 Å². The first-order chi connectivity index (χ1) is 14.2. The van der Waals surface area contributed by atoms with Gasteiger partial charge in [0.2, 0.25) is 15.9 Å². The maximum absolute atomic E-state index is 13.1. The van der Waals surface area contributed by atoms with Crippen molar-refractivity contribution in [3.63, 3.8) is 0 Å². The Kier molecular flexibility index (Phi) is 5.66. The zero-order valence-electron chi connectivity index (χ0n) is 17.1. The minimum atomic E-state index is -3.63. The Morgan fingerprint density at radius 3 is 2.40 bits per heavy atom. The summed E-state index contributed by atoms with van der Waals surface area (Å²) < 4.78 is 27.6. The first kappa shape index (κ1) is 21.3. The number of nitrogens with zero attached hydrogens (tertiary/aromatic N) is 2. The molecule has 2 fully saturated rings. The largest absolute Gasteiger partial charge is 0.316 e. The molecule has 0 radical (unpaired) electrons. The van der Waals surface area contributed by atoms with E-state index < -0.39 is 15.7 Å². The van der Waals surface area contributed by atoms with Gasteiger partial charge in [-0.1, -0.05) is 48.0 Å². The number of rotatable bonds is 4. The van der Waals surface area contributed by atoms with Crippen molar-refractivity contribution >= 4 is 27.5 Å². The smallest absolute Gasteiger partial charge is 0.243 e. The summed E-state index contributed by atoms with van der Waals surface area (Å²) in [5.41, 5.74) is 0.515. The molecule has 0 unspecified atom stereocenters. The molecule has 0 aromatic heterocycles. The molecular weight excluding hydrogens is 422 g/mol. The number of sulfonamides is 1. The average molecular weight is 448 g/mol. The fourth-order valence-corrected chi connectivity index (χ4v) is 6.40. The molecule has 6 nitrogen and oxygen atoms in total. The van der Waals surface area contributed by atoms with Gasteiger partial charge in [0.15, 0.2) is 0 Å². The molecule has 2 aliphatic rings. The van der Waals surface area contributed by atoms with Crippen LogP contribution in [0.25, 0.3) is 0 Å². The number of nitrogens with one attached hydrogen (secondary N) is 1. The van der Waals surface area contributed by atoms with Crippen LogP contribution in [0.5, 0.6) is 0 Å². The lowest BCUT2D eigenvalue weighted by Crippen LogP contribution is -2.59. The highest BCUT2D eigenvalue weighted by Gasteiger charge is 2.52. The van der Waals surface area contributed by atoms with Crippen molar-refractivity contribution in [2.24, 2.45) is 0 Å². The van der Waals surface area contributed by atoms with E-state index in [2.05, 4.69) is 5.32 Å². The van der Waals surface area contributed by atoms with Gasteiger partial charge in [-0.3, -0.25) is 10.1 Å². The number of benzene rings is 2. The first-order valence-corrected chi connectivity index (χ1v) is 12.0. The molecule has 1 amide bonds. The summed E-state index contributed by atoms with van der Waals surface area (Å²) in [5, 5.41) is 3.87. The van der Waals surface area contributed by atoms with Crippen molar-refractivity contribution in [2.45, 2.75) is 49.3 Å². The van der Waals surface area contributed by atoms with Crippen molar-refractivity contribution in [3.05, 3.63) is 65.2 Å². The van der Waals surface area contributed by atoms with Crippen LogP contribution in [0.3, 0.4) is 0 Å². The molecule has 2 saturated heterocycles. The lowest BCUT2D eigenvalue weighted by Gasteiger charge is -2.46. The summed E-state index contributed by atoms with van der Waals surface area (Å²) in [4.78, 5) is 15.2. The highest BCUT2D eigenvalue weighted by molar-refractivity contribution is 7.89. The van der Waals surface area contributed by atoms with Crippen LogP contribution in [0.15, 0.2) is 59.5 Å². The van der Waals surface area contributed by atoms with E-state index in [1.165, 1.54) is 10.4 Å². The second-order valence-electron chi connectivity index (χ2n) is 8.05. The van der Waals surface area contributed by atoms with Gasteiger partial charge in [-0.15, -0.1) is 0 Å². The monoisotopic (exact) mass is 447 g/mol. The van der Waals surface area contributed by atoms with E-state index in [0.717, 1.165) is 5.56 Å². The first-order valence-electron chi connectivity index (χ1n) is 10.2. The highest BCUT2D eigenvalue weighted by Crippen LogP contribution is 2.39. The molecule has 0 saturated carbocycles. The molecule has 0 bridgehead atoms. The van der Waals surface area contributed by atoms with Crippen molar-refractivity contribution < 1.29 is 13.2 Å². The fraction of sp³-hybridized carbons (Fsp3) is 0.409. The molecule has 8 heteroatoms. The normalized spacial score (nSPS) is 23.1. The van der Waals surface area contributed by atoms with Gasteiger partial charge in [-0.25, -0.2) is 8.42 Å². The summed E-state index contributed by atoms with van der Waals surface area (Å²) in [6, 6.07) is 15.9. The van der Waals surface area contributed by atoms with Gasteiger partial charge >= 0.3 is 0 Å². The molecule has 2 aromatic rings. The summed E-state index contributed by atoms with van der Waals surface area (Å²) in [6.45, 7) is 4.57. The van der Waals surface area contributed by atoms with Gasteiger partial charge < -0.3 is 4.90 Å². The Hall–Kier alpha value is -1.93. The third-order valence-electron chi connectivity index (χ3n) is 6.21. The van der Waals surface area contributed by atoms with Crippen molar-refractivity contribution in [3.8, 4) is 0 Å². The van der Waals surface area contributed by atoms with Crippen LogP contribution in [0.1, 0.15) is 38.3 Å². The van der Waals surface area contributed by atoms with E-state index >= 15 is 0 Å². The Labute approximate surface area is 182 Å². The SMILES string of the molecule is C[C@H](c1ccccc1)N1C(=O)[C@@H](C)NC12CCN(S(=O)(=O)c1cccc(Cl)c1)CC2. The quantitative estimate of drug-likeness (QED) is 0.779. The second kappa shape index (κ2) is 7.96. The van der Waals surface area contributed by atoms with Crippen molar-refractivity contribution in [2.75, 3.05) is 13.1 Å². The third kappa shape index (κ3) is 3.64.